The summed E-state index contributed by atoms with van der Waals surface area (Å²) in [5, 5.41) is 0. The van der Waals surface area contributed by atoms with E-state index in [0.717, 1.165) is 62.5 Å². The maximum absolute atomic E-state index is 13.1. The molecule has 194 valence electrons. The summed E-state index contributed by atoms with van der Waals surface area (Å²) in [5.74, 6) is -1.28. The van der Waals surface area contributed by atoms with Gasteiger partial charge in [0.1, 0.15) is 0 Å². The summed E-state index contributed by atoms with van der Waals surface area (Å²) in [6.45, 7) is 1.95. The van der Waals surface area contributed by atoms with Crippen LogP contribution >= 0.6 is 0 Å². The molecule has 1 rings (SSSR count). The third-order valence-corrected chi connectivity index (χ3v) is 8.53. The molecule has 0 atom stereocenters. The van der Waals surface area contributed by atoms with Crippen LogP contribution in [-0.2, 0) is 33.6 Å². The van der Waals surface area contributed by atoms with Crippen molar-refractivity contribution in [2.45, 2.75) is 88.7 Å². The standard InChI is InChI=1S/C18H30F6N3O4S2/c1-3-4-5-6-7-8-9-10-11-12-13-26-15-14-25(2)16(26)27(32(28,29)17(19,20)21)33(30,31)18(22,23)24/h14-15H,3-13H2,1-2H3/q+1. The number of alkyl halides is 6. The highest BCUT2D eigenvalue weighted by molar-refractivity contribution is 8.11. The van der Waals surface area contributed by atoms with E-state index >= 15 is 0 Å². The van der Waals surface area contributed by atoms with Gasteiger partial charge in [-0.1, -0.05) is 64.7 Å². The molecule has 0 N–H and O–H groups in total. The number of imidazole rings is 1. The van der Waals surface area contributed by atoms with Gasteiger partial charge in [-0.05, 0) is 10.1 Å². The van der Waals surface area contributed by atoms with E-state index < -0.39 is 40.7 Å². The summed E-state index contributed by atoms with van der Waals surface area (Å²) < 4.78 is 126. The third-order valence-electron chi connectivity index (χ3n) is 4.98. The molecule has 1 heterocycles. The van der Waals surface area contributed by atoms with Gasteiger partial charge in [-0.15, -0.1) is 0 Å². The number of nitrogens with zero attached hydrogens (tertiary/aromatic N) is 3. The minimum absolute atomic E-state index is 0.163. The smallest absolute Gasteiger partial charge is 0.236 e. The number of unbranched alkanes of at least 4 members (excludes halogenated alkanes) is 9. The van der Waals surface area contributed by atoms with Crippen LogP contribution in [0.3, 0.4) is 0 Å². The Morgan fingerprint density at radius 2 is 1.18 bits per heavy atom. The molecule has 7 nitrogen and oxygen atoms in total. The molecule has 0 unspecified atom stereocenters. The van der Waals surface area contributed by atoms with Gasteiger partial charge >= 0.3 is 37.0 Å². The van der Waals surface area contributed by atoms with Crippen molar-refractivity contribution in [3.8, 4) is 0 Å². The van der Waals surface area contributed by atoms with Crippen LogP contribution in [0.25, 0.3) is 0 Å². The van der Waals surface area contributed by atoms with Gasteiger partial charge in [0, 0.05) is 0 Å². The molecular formula is C18H30F6N3O4S2+. The molecule has 0 aliphatic rings. The van der Waals surface area contributed by atoms with Gasteiger partial charge in [0.2, 0.25) is 0 Å². The first-order chi connectivity index (χ1) is 15.1. The third kappa shape index (κ3) is 7.49. The van der Waals surface area contributed by atoms with Crippen molar-refractivity contribution in [2.24, 2.45) is 7.05 Å². The number of aromatic nitrogens is 2. The first-order valence-electron chi connectivity index (χ1n) is 10.6. The molecule has 0 saturated carbocycles. The summed E-state index contributed by atoms with van der Waals surface area (Å²) in [6, 6.07) is 0. The number of aryl methyl sites for hydroxylation is 2. The first-order valence-corrected chi connectivity index (χ1v) is 13.4. The molecule has 0 bridgehead atoms. The molecule has 0 fully saturated rings. The minimum atomic E-state index is -6.92. The molecule has 0 amide bonds. The predicted octanol–water partition coefficient (Wildman–Crippen LogP) is 4.74. The Morgan fingerprint density at radius 1 is 0.788 bits per heavy atom. The SMILES string of the molecule is CCCCCCCCCCCCn1cc[n+](C)c1N(S(=O)(=O)C(F)(F)F)S(=O)(=O)C(F)(F)F. The van der Waals surface area contributed by atoms with Crippen LogP contribution in [-0.4, -0.2) is 32.4 Å². The lowest BCUT2D eigenvalue weighted by atomic mass is 10.1. The van der Waals surface area contributed by atoms with Gasteiger partial charge in [0.25, 0.3) is 0 Å². The first kappa shape index (κ1) is 29.5. The van der Waals surface area contributed by atoms with Crippen LogP contribution < -0.4 is 8.28 Å². The fourth-order valence-electron chi connectivity index (χ4n) is 3.23. The highest BCUT2D eigenvalue weighted by atomic mass is 32.3. The van der Waals surface area contributed by atoms with E-state index in [1.807, 2.05) is 0 Å². The fourth-order valence-corrected chi connectivity index (χ4v) is 6.04. The highest BCUT2D eigenvalue weighted by Crippen LogP contribution is 2.37. The van der Waals surface area contributed by atoms with Crippen LogP contribution in [0.1, 0.15) is 71.1 Å². The van der Waals surface area contributed by atoms with Crippen molar-refractivity contribution in [1.82, 2.24) is 4.57 Å². The summed E-state index contributed by atoms with van der Waals surface area (Å²) in [4.78, 5) is 0. The molecule has 15 heteroatoms. The van der Waals surface area contributed by atoms with Gasteiger partial charge in [-0.25, -0.2) is 9.13 Å². The van der Waals surface area contributed by atoms with Gasteiger partial charge < -0.3 is 0 Å². The van der Waals surface area contributed by atoms with Crippen molar-refractivity contribution in [3.05, 3.63) is 12.4 Å². The van der Waals surface area contributed by atoms with Crippen molar-refractivity contribution in [3.63, 3.8) is 0 Å². The lowest BCUT2D eigenvalue weighted by Crippen LogP contribution is -2.54. The average molecular weight is 531 g/mol. The second kappa shape index (κ2) is 11.8. The molecular weight excluding hydrogens is 500 g/mol. The van der Waals surface area contributed by atoms with Gasteiger partial charge in [-0.3, -0.25) is 0 Å². The Kier molecular flexibility index (Phi) is 10.5. The lowest BCUT2D eigenvalue weighted by molar-refractivity contribution is -0.656. The summed E-state index contributed by atoms with van der Waals surface area (Å²) in [5.41, 5.74) is -12.5. The molecule has 0 aliphatic heterocycles. The van der Waals surface area contributed by atoms with Crippen LogP contribution in [0.4, 0.5) is 32.3 Å². The van der Waals surface area contributed by atoms with E-state index in [-0.39, 0.29) is 6.54 Å². The molecule has 0 saturated heterocycles. The molecule has 0 spiro atoms. The quantitative estimate of drug-likeness (QED) is 0.198. The highest BCUT2D eigenvalue weighted by Gasteiger charge is 2.67. The van der Waals surface area contributed by atoms with Crippen molar-refractivity contribution in [2.75, 3.05) is 3.71 Å². The number of sulfonamides is 2. The second-order valence-electron chi connectivity index (χ2n) is 7.68. The van der Waals surface area contributed by atoms with E-state index in [9.17, 15) is 43.2 Å². The zero-order valence-corrected chi connectivity index (χ0v) is 20.1. The van der Waals surface area contributed by atoms with Gasteiger partial charge in [0.15, 0.2) is 0 Å². The second-order valence-corrected chi connectivity index (χ2v) is 11.5. The van der Waals surface area contributed by atoms with E-state index in [4.69, 9.17) is 0 Å². The maximum atomic E-state index is 13.1. The Labute approximate surface area is 190 Å². The molecule has 33 heavy (non-hydrogen) atoms. The zero-order valence-electron chi connectivity index (χ0n) is 18.5. The van der Waals surface area contributed by atoms with Crippen LogP contribution in [0, 0.1) is 0 Å². The number of rotatable bonds is 14. The number of hydrogen-bond acceptors (Lipinski definition) is 4. The van der Waals surface area contributed by atoms with Crippen LogP contribution in [0.2, 0.25) is 0 Å². The van der Waals surface area contributed by atoms with E-state index in [0.29, 0.717) is 17.4 Å². The summed E-state index contributed by atoms with van der Waals surface area (Å²) in [6.07, 6.45) is 11.3. The Bertz CT molecular complexity index is 913. The van der Waals surface area contributed by atoms with Gasteiger partial charge in [0.05, 0.1) is 26.0 Å². The monoisotopic (exact) mass is 530 g/mol. The van der Waals surface area contributed by atoms with E-state index in [1.165, 1.54) is 12.8 Å². The molecule has 1 aromatic heterocycles. The molecule has 1 aromatic rings. The topological polar surface area (TPSA) is 80.3 Å². The number of halogens is 6. The number of anilines is 1. The zero-order chi connectivity index (χ0) is 25.5. The lowest BCUT2D eigenvalue weighted by Gasteiger charge is -2.20. The number of hydrogen-bond donors (Lipinski definition) is 0. The molecule has 0 aliphatic carbocycles. The van der Waals surface area contributed by atoms with Crippen LogP contribution in [0.15, 0.2) is 12.4 Å². The fraction of sp³-hybridized carbons (Fsp3) is 0.833. The predicted molar refractivity (Wildman–Crippen MR) is 110 cm³/mol. The Balaban J connectivity index is 3.00. The Hall–Kier alpha value is -1.51. The van der Waals surface area contributed by atoms with Gasteiger partial charge in [-0.2, -0.15) is 43.2 Å². The van der Waals surface area contributed by atoms with Crippen molar-refractivity contribution < 1.29 is 47.7 Å². The van der Waals surface area contributed by atoms with Crippen LogP contribution in [0.5, 0.6) is 0 Å². The largest absolute Gasteiger partial charge is 0.531 e. The molecule has 0 aromatic carbocycles. The van der Waals surface area contributed by atoms with Crippen molar-refractivity contribution in [1.29, 1.82) is 0 Å². The summed E-state index contributed by atoms with van der Waals surface area (Å²) >= 11 is 0. The minimum Gasteiger partial charge on any atom is -0.236 e. The Morgan fingerprint density at radius 3 is 1.58 bits per heavy atom. The average Bonchev–Trinajstić information content (AvgIpc) is 3.01. The summed E-state index contributed by atoms with van der Waals surface area (Å²) in [7, 11) is -12.9. The van der Waals surface area contributed by atoms with E-state index in [1.54, 1.807) is 0 Å². The van der Waals surface area contributed by atoms with Crippen molar-refractivity contribution >= 4 is 26.0 Å². The molecule has 0 radical (unpaired) electrons. The van der Waals surface area contributed by atoms with E-state index in [2.05, 4.69) is 6.92 Å². The maximum Gasteiger partial charge on any atom is 0.531 e. The normalized spacial score (nSPS) is 13.5.